The average molecular weight is 1130 g/mol. The van der Waals surface area contributed by atoms with Crippen molar-refractivity contribution in [2.24, 2.45) is 0 Å². The van der Waals surface area contributed by atoms with Gasteiger partial charge in [0.1, 0.15) is 13.2 Å². The summed E-state index contributed by atoms with van der Waals surface area (Å²) in [5, 5.41) is 0. The molecule has 0 amide bonds. The summed E-state index contributed by atoms with van der Waals surface area (Å²) in [6.45, 7) is 6.39. The number of rotatable bonds is 60. The highest BCUT2D eigenvalue weighted by molar-refractivity contribution is 5.71. The third-order valence-corrected chi connectivity index (χ3v) is 14.1. The van der Waals surface area contributed by atoms with Crippen molar-refractivity contribution in [1.82, 2.24) is 0 Å². The Kier molecular flexibility index (Phi) is 64.8. The van der Waals surface area contributed by atoms with Gasteiger partial charge in [0.25, 0.3) is 0 Å². The van der Waals surface area contributed by atoms with Crippen LogP contribution in [0.2, 0.25) is 0 Å². The van der Waals surface area contributed by atoms with Crippen LogP contribution in [0.1, 0.15) is 297 Å². The zero-order valence-corrected chi connectivity index (χ0v) is 53.2. The first-order valence-electron chi connectivity index (χ1n) is 33.8. The second-order valence-electron chi connectivity index (χ2n) is 22.0. The third-order valence-electron chi connectivity index (χ3n) is 14.1. The van der Waals surface area contributed by atoms with E-state index in [1.165, 1.54) is 103 Å². The molecular formula is C76H124O6. The predicted molar refractivity (Wildman–Crippen MR) is 357 cm³/mol. The first kappa shape index (κ1) is 77.3. The van der Waals surface area contributed by atoms with E-state index >= 15 is 0 Å². The lowest BCUT2D eigenvalue weighted by Crippen LogP contribution is -2.30. The van der Waals surface area contributed by atoms with Crippen LogP contribution in [0, 0.1) is 0 Å². The van der Waals surface area contributed by atoms with E-state index < -0.39 is 6.10 Å². The largest absolute Gasteiger partial charge is 0.462 e. The fraction of sp³-hybridized carbons (Fsp3) is 0.645. The molecule has 0 radical (unpaired) electrons. The zero-order chi connectivity index (χ0) is 59.2. The lowest BCUT2D eigenvalue weighted by atomic mass is 10.1. The quantitative estimate of drug-likeness (QED) is 0.0261. The van der Waals surface area contributed by atoms with Crippen LogP contribution in [0.25, 0.3) is 0 Å². The molecule has 1 atom stereocenters. The molecule has 1 unspecified atom stereocenters. The van der Waals surface area contributed by atoms with E-state index in [0.717, 1.165) is 154 Å². The van der Waals surface area contributed by atoms with E-state index in [2.05, 4.69) is 167 Å². The van der Waals surface area contributed by atoms with Gasteiger partial charge in [0.15, 0.2) is 6.10 Å². The molecule has 0 rings (SSSR count). The van der Waals surface area contributed by atoms with Gasteiger partial charge in [-0.3, -0.25) is 14.4 Å². The molecule has 0 spiro atoms. The zero-order valence-electron chi connectivity index (χ0n) is 53.2. The number of carbonyl (C=O) groups is 3. The molecule has 0 saturated carbocycles. The Morgan fingerprint density at radius 3 is 0.744 bits per heavy atom. The highest BCUT2D eigenvalue weighted by atomic mass is 16.6. The Labute approximate surface area is 506 Å². The van der Waals surface area contributed by atoms with Crippen LogP contribution in [0.3, 0.4) is 0 Å². The summed E-state index contributed by atoms with van der Waals surface area (Å²) in [6.07, 6.45) is 98.4. The molecule has 0 saturated heterocycles. The minimum atomic E-state index is -0.801. The molecule has 82 heavy (non-hydrogen) atoms. The van der Waals surface area contributed by atoms with Crippen molar-refractivity contribution in [2.45, 2.75) is 303 Å². The van der Waals surface area contributed by atoms with Gasteiger partial charge >= 0.3 is 17.9 Å². The second kappa shape index (κ2) is 68.8. The molecule has 6 heteroatoms. The number of carbonyl (C=O) groups excluding carboxylic acids is 3. The molecular weight excluding hydrogens is 1010 g/mol. The van der Waals surface area contributed by atoms with Crippen molar-refractivity contribution in [3.8, 4) is 0 Å². The van der Waals surface area contributed by atoms with Crippen molar-refractivity contribution in [1.29, 1.82) is 0 Å². The van der Waals surface area contributed by atoms with Gasteiger partial charge in [-0.2, -0.15) is 0 Å². The number of esters is 3. The lowest BCUT2D eigenvalue weighted by molar-refractivity contribution is -0.167. The summed E-state index contributed by atoms with van der Waals surface area (Å²) >= 11 is 0. The summed E-state index contributed by atoms with van der Waals surface area (Å²) in [5.41, 5.74) is 0. The topological polar surface area (TPSA) is 78.9 Å². The van der Waals surface area contributed by atoms with Gasteiger partial charge in [-0.25, -0.2) is 0 Å². The SMILES string of the molecule is CC/C=C\C/C=C\C/C=C\C/C=C\C/C=C\C/C=C\CCCCCCCCC(=O)OCC(COC(=O)CCCCCCCCC/C=C\C/C=C\CCCCCC)OC(=O)CCCCCCCCCC/C=C\C/C=C\C/C=C\C/C=C\CC. The Bertz CT molecular complexity index is 1780. The summed E-state index contributed by atoms with van der Waals surface area (Å²) in [5.74, 6) is -0.921. The standard InChI is InChI=1S/C76H124O6/c1-4-7-10-13-16-19-22-25-28-31-34-36-37-38-39-41-42-45-48-51-54-57-60-63-66-69-75(78)81-72-73(71-80-74(77)68-65-62-59-56-53-50-47-44-33-30-27-24-21-18-15-12-9-6-3)82-76(79)70-67-64-61-58-55-52-49-46-43-40-35-32-29-26-23-20-17-14-11-8-5-2/h7-8,10-11,16-17,19-21,24-26,28-30,33-36,38-40,42,45,73H,4-6,9,12-15,18,22-23,27,31-32,37,41,43-44,46-72H2,1-3H3/b10-7-,11-8-,19-16-,20-17-,24-21-,28-25-,29-26-,33-30-,36-34-,39-38-,40-35-,45-42-. The number of hydrogen-bond donors (Lipinski definition) is 0. The monoisotopic (exact) mass is 1130 g/mol. The number of hydrogen-bond acceptors (Lipinski definition) is 6. The smallest absolute Gasteiger partial charge is 0.306 e. The van der Waals surface area contributed by atoms with Crippen molar-refractivity contribution in [3.63, 3.8) is 0 Å². The molecule has 0 aromatic heterocycles. The minimum absolute atomic E-state index is 0.0948. The predicted octanol–water partition coefficient (Wildman–Crippen LogP) is 23.5. The maximum atomic E-state index is 13.0. The molecule has 0 bridgehead atoms. The Morgan fingerprint density at radius 2 is 0.476 bits per heavy atom. The summed E-state index contributed by atoms with van der Waals surface area (Å²) < 4.78 is 17.0. The van der Waals surface area contributed by atoms with Crippen molar-refractivity contribution < 1.29 is 28.6 Å². The van der Waals surface area contributed by atoms with Crippen LogP contribution in [0.15, 0.2) is 146 Å². The molecule has 0 N–H and O–H groups in total. The Hall–Kier alpha value is -4.71. The van der Waals surface area contributed by atoms with Crippen molar-refractivity contribution >= 4 is 17.9 Å². The van der Waals surface area contributed by atoms with Crippen LogP contribution in [0.4, 0.5) is 0 Å². The van der Waals surface area contributed by atoms with Gasteiger partial charge in [-0.1, -0.05) is 282 Å². The van der Waals surface area contributed by atoms with Gasteiger partial charge < -0.3 is 14.2 Å². The number of allylic oxidation sites excluding steroid dienone is 24. The molecule has 0 aromatic carbocycles. The second-order valence-corrected chi connectivity index (χ2v) is 22.0. The van der Waals surface area contributed by atoms with Gasteiger partial charge in [-0.15, -0.1) is 0 Å². The summed E-state index contributed by atoms with van der Waals surface area (Å²) in [6, 6.07) is 0. The molecule has 464 valence electrons. The molecule has 0 aliphatic carbocycles. The normalized spacial score (nSPS) is 13.1. The highest BCUT2D eigenvalue weighted by Crippen LogP contribution is 2.15. The highest BCUT2D eigenvalue weighted by Gasteiger charge is 2.19. The van der Waals surface area contributed by atoms with E-state index in [4.69, 9.17) is 14.2 Å². The van der Waals surface area contributed by atoms with E-state index in [1.54, 1.807) is 0 Å². The molecule has 0 fully saturated rings. The van der Waals surface area contributed by atoms with Crippen LogP contribution < -0.4 is 0 Å². The maximum Gasteiger partial charge on any atom is 0.306 e. The molecule has 0 heterocycles. The minimum Gasteiger partial charge on any atom is -0.462 e. The first-order chi connectivity index (χ1) is 40.5. The average Bonchev–Trinajstić information content (AvgIpc) is 3.47. The van der Waals surface area contributed by atoms with E-state index in [1.807, 2.05) is 0 Å². The van der Waals surface area contributed by atoms with Crippen LogP contribution in [0.5, 0.6) is 0 Å². The van der Waals surface area contributed by atoms with Gasteiger partial charge in [0.05, 0.1) is 0 Å². The van der Waals surface area contributed by atoms with Gasteiger partial charge in [-0.05, 0) is 141 Å². The summed E-state index contributed by atoms with van der Waals surface area (Å²) in [4.78, 5) is 38.5. The molecule has 6 nitrogen and oxygen atoms in total. The lowest BCUT2D eigenvalue weighted by Gasteiger charge is -2.18. The fourth-order valence-corrected chi connectivity index (χ4v) is 9.06. The van der Waals surface area contributed by atoms with E-state index in [-0.39, 0.29) is 31.1 Å². The van der Waals surface area contributed by atoms with Gasteiger partial charge in [0, 0.05) is 19.3 Å². The van der Waals surface area contributed by atoms with Crippen LogP contribution in [-0.2, 0) is 28.6 Å². The Morgan fingerprint density at radius 1 is 0.256 bits per heavy atom. The van der Waals surface area contributed by atoms with E-state index in [0.29, 0.717) is 19.3 Å². The third kappa shape index (κ3) is 66.1. The number of ether oxygens (including phenoxy) is 3. The van der Waals surface area contributed by atoms with E-state index in [9.17, 15) is 14.4 Å². The summed E-state index contributed by atoms with van der Waals surface area (Å²) in [7, 11) is 0. The Balaban J connectivity index is 4.46. The number of unbranched alkanes of at least 4 members (excludes halogenated alkanes) is 25. The van der Waals surface area contributed by atoms with Gasteiger partial charge in [0.2, 0.25) is 0 Å². The molecule has 0 aromatic rings. The maximum absolute atomic E-state index is 13.0. The first-order valence-corrected chi connectivity index (χ1v) is 33.8. The fourth-order valence-electron chi connectivity index (χ4n) is 9.06. The van der Waals surface area contributed by atoms with Crippen LogP contribution >= 0.6 is 0 Å². The molecule has 0 aliphatic heterocycles. The van der Waals surface area contributed by atoms with Crippen molar-refractivity contribution in [3.05, 3.63) is 146 Å². The molecule has 0 aliphatic rings. The van der Waals surface area contributed by atoms with Crippen molar-refractivity contribution in [2.75, 3.05) is 13.2 Å². The van der Waals surface area contributed by atoms with Crippen LogP contribution in [-0.4, -0.2) is 37.2 Å².